The fourth-order valence-electron chi connectivity index (χ4n) is 11.8. The number of hydrogen-bond acceptors (Lipinski definition) is 10. The van der Waals surface area contributed by atoms with Gasteiger partial charge in [0.2, 0.25) is 18.5 Å². The highest BCUT2D eigenvalue weighted by Gasteiger charge is 2.65. The van der Waals surface area contributed by atoms with Crippen molar-refractivity contribution in [3.63, 3.8) is 0 Å². The summed E-state index contributed by atoms with van der Waals surface area (Å²) < 4.78 is 33.2. The molecule has 5 aliphatic rings. The third-order valence-electron chi connectivity index (χ3n) is 15.0. The Morgan fingerprint density at radius 1 is 0.843 bits per heavy atom. The zero-order valence-electron chi connectivity index (χ0n) is 41.4. The van der Waals surface area contributed by atoms with Crippen LogP contribution in [0.3, 0.4) is 0 Å². The van der Waals surface area contributed by atoms with Crippen LogP contribution in [-0.2, 0) is 20.9 Å². The van der Waals surface area contributed by atoms with Gasteiger partial charge in [-0.15, -0.1) is 6.58 Å². The highest BCUT2D eigenvalue weighted by atomic mass is 16.7. The Kier molecular flexibility index (Phi) is 15.7. The fraction of sp³-hybridized carbons (Fsp3) is 0.492. The van der Waals surface area contributed by atoms with Crippen LogP contribution in [0.5, 0.6) is 28.7 Å². The van der Waals surface area contributed by atoms with Gasteiger partial charge < -0.3 is 43.6 Å². The first-order chi connectivity index (χ1) is 34.1. The van der Waals surface area contributed by atoms with Crippen LogP contribution < -0.4 is 18.9 Å². The monoisotopic (exact) mass is 953 g/mol. The third-order valence-corrected chi connectivity index (χ3v) is 15.0. The van der Waals surface area contributed by atoms with E-state index in [2.05, 4.69) is 43.0 Å². The molecule has 4 aromatic rings. The van der Waals surface area contributed by atoms with Crippen LogP contribution >= 0.6 is 0 Å². The minimum atomic E-state index is -1.39. The van der Waals surface area contributed by atoms with Crippen LogP contribution in [-0.4, -0.2) is 70.8 Å². The molecule has 6 atom stereocenters. The Balaban J connectivity index is 1.20. The highest BCUT2D eigenvalue weighted by Crippen LogP contribution is 2.62. The summed E-state index contributed by atoms with van der Waals surface area (Å²) in [5.74, 6) is 2.08. The molecule has 0 radical (unpaired) electrons. The van der Waals surface area contributed by atoms with Gasteiger partial charge in [-0.25, -0.2) is 0 Å². The number of rotatable bonds is 21. The Labute approximate surface area is 414 Å². The van der Waals surface area contributed by atoms with Crippen molar-refractivity contribution in [2.75, 3.05) is 26.6 Å². The second-order valence-corrected chi connectivity index (χ2v) is 20.9. The molecule has 2 heterocycles. The van der Waals surface area contributed by atoms with Gasteiger partial charge in [0.05, 0.1) is 18.2 Å². The van der Waals surface area contributed by atoms with Crippen molar-refractivity contribution in [1.29, 1.82) is 0 Å². The molecule has 9 rings (SSSR count). The lowest BCUT2D eigenvalue weighted by Gasteiger charge is -2.60. The van der Waals surface area contributed by atoms with E-state index in [0.717, 1.165) is 78.5 Å². The number of aliphatic hydroxyl groups excluding tert-OH is 2. The molecule has 11 nitrogen and oxygen atoms in total. The van der Waals surface area contributed by atoms with Gasteiger partial charge in [-0.2, -0.15) is 0 Å². The summed E-state index contributed by atoms with van der Waals surface area (Å²) in [5, 5.41) is 25.2. The van der Waals surface area contributed by atoms with E-state index >= 15 is 4.79 Å². The third kappa shape index (κ3) is 11.0. The number of carbonyl (C=O) groups excluding carboxylic acids is 1. The van der Waals surface area contributed by atoms with Crippen molar-refractivity contribution in [3.8, 4) is 39.9 Å². The molecule has 2 saturated carbocycles. The van der Waals surface area contributed by atoms with Gasteiger partial charge in [0.1, 0.15) is 28.9 Å². The first-order valence-electron chi connectivity index (χ1n) is 25.9. The summed E-state index contributed by atoms with van der Waals surface area (Å²) in [6.45, 7) is 11.0. The number of ether oxygens (including phenoxy) is 5. The molecular weight excluding hydrogens is 881 g/mol. The SMILES string of the molecule is C=CCOC12Oc3ccc(Oc4ccc(-c5ccccc5)cc4)cc3C3C(CCCCO)C(CCCCO)C=C(C(=NOC(C)(C)C)CC1N(Cc1ccc4c(c1)OCO4)C(=O)CCC1CCCC1)C32. The number of hydrogen-bond donors (Lipinski definition) is 2. The van der Waals surface area contributed by atoms with Gasteiger partial charge >= 0.3 is 0 Å². The fourth-order valence-corrected chi connectivity index (χ4v) is 11.8. The van der Waals surface area contributed by atoms with Crippen LogP contribution in [0, 0.1) is 23.7 Å². The van der Waals surface area contributed by atoms with E-state index in [-0.39, 0.29) is 56.8 Å². The Morgan fingerprint density at radius 3 is 2.30 bits per heavy atom. The number of fused-ring (bicyclic) bond motifs is 3. The Morgan fingerprint density at radius 2 is 1.56 bits per heavy atom. The molecule has 4 aromatic carbocycles. The van der Waals surface area contributed by atoms with Crippen molar-refractivity contribution in [2.24, 2.45) is 28.8 Å². The summed E-state index contributed by atoms with van der Waals surface area (Å²) in [7, 11) is 0. The van der Waals surface area contributed by atoms with Gasteiger partial charge in [0.25, 0.3) is 0 Å². The maximum absolute atomic E-state index is 15.4. The van der Waals surface area contributed by atoms with Crippen LogP contribution in [0.25, 0.3) is 11.1 Å². The zero-order valence-corrected chi connectivity index (χ0v) is 41.4. The van der Waals surface area contributed by atoms with Crippen LogP contribution in [0.4, 0.5) is 0 Å². The van der Waals surface area contributed by atoms with Crippen molar-refractivity contribution in [2.45, 2.75) is 134 Å². The summed E-state index contributed by atoms with van der Waals surface area (Å²) in [6.07, 6.45) is 15.1. The number of carbonyl (C=O) groups is 1. The molecule has 2 fully saturated rings. The maximum Gasteiger partial charge on any atom is 0.239 e. The molecule has 0 aromatic heterocycles. The lowest BCUT2D eigenvalue weighted by molar-refractivity contribution is -0.258. The first-order valence-corrected chi connectivity index (χ1v) is 25.9. The highest BCUT2D eigenvalue weighted by molar-refractivity contribution is 6.03. The molecule has 70 heavy (non-hydrogen) atoms. The van der Waals surface area contributed by atoms with Gasteiger partial charge in [0, 0.05) is 44.1 Å². The van der Waals surface area contributed by atoms with Crippen molar-refractivity contribution in [3.05, 3.63) is 126 Å². The standard InChI is InChI=1S/C59H72N2O9/c1-5-33-67-59-54(61(55(64)30-22-40-15-9-10-16-40)38-41-21-28-52-53(34-41)66-39-65-52)37-50(60-70-58(2,3)4)48-35-44(19-11-13-31-62)47(20-12-14-32-63)56(57(48)59)49-36-46(27-29-51(49)69-59)68-45-25-23-43(24-26-45)42-17-7-6-8-18-42/h5-8,17-18,21,23-29,34-36,40,44,47,54,56-57,62-63H,1,9-16,19-20,22,30-33,37-39H2,2-4H3. The van der Waals surface area contributed by atoms with Crippen molar-refractivity contribution < 1.29 is 43.5 Å². The molecule has 0 bridgehead atoms. The molecular formula is C59H72N2O9. The van der Waals surface area contributed by atoms with E-state index in [9.17, 15) is 10.2 Å². The molecule has 6 unspecified atom stereocenters. The van der Waals surface area contributed by atoms with Gasteiger partial charge in [-0.05, 0) is 135 Å². The van der Waals surface area contributed by atoms with Crippen LogP contribution in [0.1, 0.15) is 121 Å². The van der Waals surface area contributed by atoms with E-state index in [1.54, 1.807) is 6.08 Å². The molecule has 11 heteroatoms. The largest absolute Gasteiger partial charge is 0.459 e. The summed E-state index contributed by atoms with van der Waals surface area (Å²) in [4.78, 5) is 23.8. The van der Waals surface area contributed by atoms with E-state index < -0.39 is 23.3 Å². The van der Waals surface area contributed by atoms with Crippen molar-refractivity contribution in [1.82, 2.24) is 4.90 Å². The normalized spacial score (nSPS) is 24.0. The summed E-state index contributed by atoms with van der Waals surface area (Å²) >= 11 is 0. The lowest BCUT2D eigenvalue weighted by Crippen LogP contribution is -2.70. The Hall–Kier alpha value is -5.62. The molecule has 372 valence electrons. The van der Waals surface area contributed by atoms with E-state index in [1.165, 1.54) is 12.8 Å². The van der Waals surface area contributed by atoms with Gasteiger partial charge in [-0.1, -0.05) is 104 Å². The summed E-state index contributed by atoms with van der Waals surface area (Å²) in [6, 6.07) is 29.8. The van der Waals surface area contributed by atoms with E-state index in [1.807, 2.05) is 86.3 Å². The quantitative estimate of drug-likeness (QED) is 0.0476. The number of amides is 1. The zero-order chi connectivity index (χ0) is 48.7. The second-order valence-electron chi connectivity index (χ2n) is 20.9. The Bertz CT molecular complexity index is 2470. The molecule has 2 aliphatic heterocycles. The smallest absolute Gasteiger partial charge is 0.239 e. The van der Waals surface area contributed by atoms with E-state index in [4.69, 9.17) is 33.7 Å². The minimum absolute atomic E-state index is 0.0322. The maximum atomic E-state index is 15.4. The predicted octanol–water partition coefficient (Wildman–Crippen LogP) is 12.3. The molecule has 3 aliphatic carbocycles. The second kappa shape index (κ2) is 22.2. The minimum Gasteiger partial charge on any atom is -0.459 e. The number of allylic oxidation sites excluding steroid dienone is 1. The summed E-state index contributed by atoms with van der Waals surface area (Å²) in [5.41, 5.74) is 5.32. The van der Waals surface area contributed by atoms with Crippen molar-refractivity contribution >= 4 is 11.6 Å². The van der Waals surface area contributed by atoms with Gasteiger partial charge in [0.15, 0.2) is 11.5 Å². The number of nitrogens with zero attached hydrogens (tertiary/aromatic N) is 2. The predicted molar refractivity (Wildman–Crippen MR) is 272 cm³/mol. The first kappa shape index (κ1) is 49.4. The number of oxime groups is 1. The topological polar surface area (TPSA) is 129 Å². The number of unbranched alkanes of at least 4 members (excludes halogenated alkanes) is 2. The van der Waals surface area contributed by atoms with Crippen LogP contribution in [0.2, 0.25) is 0 Å². The molecule has 1 amide bonds. The average molecular weight is 953 g/mol. The lowest BCUT2D eigenvalue weighted by atomic mass is 9.55. The number of benzene rings is 4. The molecule has 2 N–H and O–H groups in total. The van der Waals surface area contributed by atoms with Crippen LogP contribution in [0.15, 0.2) is 120 Å². The molecule has 0 saturated heterocycles. The number of aliphatic hydroxyl groups is 2. The average Bonchev–Trinajstić information content (AvgIpc) is 4.08. The van der Waals surface area contributed by atoms with Gasteiger partial charge in [-0.3, -0.25) is 4.79 Å². The molecule has 0 spiro atoms. The van der Waals surface area contributed by atoms with E-state index in [0.29, 0.717) is 60.3 Å².